The minimum absolute atomic E-state index is 0.0970. The molecule has 0 saturated carbocycles. The molecular weight excluding hydrogens is 431 g/mol. The molecule has 2 heterocycles. The van der Waals surface area contributed by atoms with Crippen LogP contribution < -0.4 is 10.6 Å². The zero-order valence-corrected chi connectivity index (χ0v) is 19.2. The fourth-order valence-corrected chi connectivity index (χ4v) is 4.33. The summed E-state index contributed by atoms with van der Waals surface area (Å²) in [5.41, 5.74) is 3.19. The van der Waals surface area contributed by atoms with Crippen LogP contribution in [0.3, 0.4) is 0 Å². The molecule has 1 aliphatic heterocycles. The molecule has 4 rings (SSSR count). The van der Waals surface area contributed by atoms with Gasteiger partial charge >= 0.3 is 6.03 Å². The van der Waals surface area contributed by atoms with E-state index in [-0.39, 0.29) is 36.3 Å². The van der Waals surface area contributed by atoms with Crippen LogP contribution in [0, 0.1) is 18.7 Å². The second-order valence-corrected chi connectivity index (χ2v) is 8.63. The van der Waals surface area contributed by atoms with Crippen molar-refractivity contribution < 1.29 is 14.0 Å². The molecule has 6 nitrogen and oxygen atoms in total. The highest BCUT2D eigenvalue weighted by atomic mass is 19.1. The lowest BCUT2D eigenvalue weighted by Crippen LogP contribution is -2.50. The summed E-state index contributed by atoms with van der Waals surface area (Å²) < 4.78 is 13.9. The molecule has 1 aromatic heterocycles. The van der Waals surface area contributed by atoms with Crippen LogP contribution >= 0.6 is 0 Å². The fraction of sp³-hybridized carbons (Fsp3) is 0.296. The largest absolute Gasteiger partial charge is 0.350 e. The summed E-state index contributed by atoms with van der Waals surface area (Å²) >= 11 is 0. The van der Waals surface area contributed by atoms with Crippen LogP contribution in [0.15, 0.2) is 72.9 Å². The number of nitrogens with one attached hydrogen (secondary N) is 2. The summed E-state index contributed by atoms with van der Waals surface area (Å²) in [5.74, 6) is -0.698. The normalized spacial score (nSPS) is 17.8. The molecule has 2 aromatic carbocycles. The van der Waals surface area contributed by atoms with Crippen molar-refractivity contribution in [3.05, 3.63) is 101 Å². The Hall–Kier alpha value is -3.74. The van der Waals surface area contributed by atoms with Crippen LogP contribution in [-0.2, 0) is 17.9 Å². The van der Waals surface area contributed by atoms with E-state index in [4.69, 9.17) is 0 Å². The first-order valence-electron chi connectivity index (χ1n) is 11.5. The van der Waals surface area contributed by atoms with Gasteiger partial charge in [-0.3, -0.25) is 9.78 Å². The second-order valence-electron chi connectivity index (χ2n) is 8.63. The van der Waals surface area contributed by atoms with E-state index in [0.29, 0.717) is 31.5 Å². The number of carbonyl (C=O) groups excluding carboxylic acids is 2. The molecule has 0 bridgehead atoms. The predicted molar refractivity (Wildman–Crippen MR) is 128 cm³/mol. The van der Waals surface area contributed by atoms with Crippen molar-refractivity contribution in [3.8, 4) is 0 Å². The molecule has 2 unspecified atom stereocenters. The Morgan fingerprint density at radius 2 is 1.79 bits per heavy atom. The average Bonchev–Trinajstić information content (AvgIpc) is 2.88. The van der Waals surface area contributed by atoms with Gasteiger partial charge in [0.05, 0.1) is 24.2 Å². The molecule has 3 aromatic rings. The molecule has 2 atom stereocenters. The van der Waals surface area contributed by atoms with Gasteiger partial charge in [0.2, 0.25) is 5.91 Å². The van der Waals surface area contributed by atoms with Gasteiger partial charge in [0, 0.05) is 19.3 Å². The van der Waals surface area contributed by atoms with E-state index in [9.17, 15) is 14.0 Å². The third kappa shape index (κ3) is 5.78. The van der Waals surface area contributed by atoms with Crippen LogP contribution in [0.4, 0.5) is 9.18 Å². The number of hydrogen-bond acceptors (Lipinski definition) is 3. The summed E-state index contributed by atoms with van der Waals surface area (Å²) in [7, 11) is 0. The second kappa shape index (κ2) is 10.9. The Balaban J connectivity index is 1.47. The SMILES string of the molecule is Cc1cc(C2CCC(C(=O)NCc3ccccn3)CN2C(=O)NCc2ccccc2)ccc1F. The van der Waals surface area contributed by atoms with E-state index in [0.717, 1.165) is 16.8 Å². The molecule has 1 saturated heterocycles. The van der Waals surface area contributed by atoms with E-state index in [1.807, 2.05) is 48.5 Å². The summed E-state index contributed by atoms with van der Waals surface area (Å²) in [6, 6.07) is 19.7. The van der Waals surface area contributed by atoms with Gasteiger partial charge in [-0.25, -0.2) is 9.18 Å². The molecule has 0 radical (unpaired) electrons. The van der Waals surface area contributed by atoms with Gasteiger partial charge in [-0.15, -0.1) is 0 Å². The number of likely N-dealkylation sites (tertiary alicyclic amines) is 1. The number of aromatic nitrogens is 1. The number of amides is 3. The fourth-order valence-electron chi connectivity index (χ4n) is 4.33. The van der Waals surface area contributed by atoms with Gasteiger partial charge in [0.1, 0.15) is 5.82 Å². The Morgan fingerprint density at radius 1 is 1.00 bits per heavy atom. The molecule has 1 aliphatic rings. The van der Waals surface area contributed by atoms with Crippen LogP contribution in [-0.4, -0.2) is 28.4 Å². The molecule has 34 heavy (non-hydrogen) atoms. The smallest absolute Gasteiger partial charge is 0.318 e. The summed E-state index contributed by atoms with van der Waals surface area (Å²) in [6.45, 7) is 2.74. The quantitative estimate of drug-likeness (QED) is 0.569. The Bertz CT molecular complexity index is 1120. The zero-order chi connectivity index (χ0) is 23.9. The topological polar surface area (TPSA) is 74.3 Å². The van der Waals surface area contributed by atoms with E-state index in [1.54, 1.807) is 30.2 Å². The van der Waals surface area contributed by atoms with Gasteiger partial charge in [-0.05, 0) is 54.7 Å². The van der Waals surface area contributed by atoms with E-state index >= 15 is 0 Å². The number of aryl methyl sites for hydroxylation is 1. The molecule has 7 heteroatoms. The maximum absolute atomic E-state index is 13.9. The Morgan fingerprint density at radius 3 is 2.53 bits per heavy atom. The van der Waals surface area contributed by atoms with Gasteiger partial charge in [0.25, 0.3) is 0 Å². The van der Waals surface area contributed by atoms with Crippen molar-refractivity contribution in [2.75, 3.05) is 6.54 Å². The Labute approximate surface area is 199 Å². The molecule has 176 valence electrons. The number of halogens is 1. The number of urea groups is 1. The first kappa shape index (κ1) is 23.4. The standard InChI is InChI=1S/C27H29FN4O2/c1-19-15-21(10-12-24(19)28)25-13-11-22(26(33)30-17-23-9-5-6-14-29-23)18-32(25)27(34)31-16-20-7-3-2-4-8-20/h2-10,12,14-15,22,25H,11,13,16-18H2,1H3,(H,30,33)(H,31,34). The number of hydrogen-bond donors (Lipinski definition) is 2. The number of benzene rings is 2. The van der Waals surface area contributed by atoms with Crippen molar-refractivity contribution in [2.45, 2.75) is 38.9 Å². The molecular formula is C27H29FN4O2. The number of piperidine rings is 1. The molecule has 2 N–H and O–H groups in total. The molecule has 1 fully saturated rings. The minimum Gasteiger partial charge on any atom is -0.350 e. The van der Waals surface area contributed by atoms with Crippen molar-refractivity contribution in [1.29, 1.82) is 0 Å². The monoisotopic (exact) mass is 460 g/mol. The third-order valence-electron chi connectivity index (χ3n) is 6.24. The van der Waals surface area contributed by atoms with Crippen LogP contribution in [0.1, 0.15) is 41.3 Å². The van der Waals surface area contributed by atoms with E-state index in [1.165, 1.54) is 6.07 Å². The van der Waals surface area contributed by atoms with Gasteiger partial charge in [0.15, 0.2) is 0 Å². The highest BCUT2D eigenvalue weighted by Gasteiger charge is 2.35. The summed E-state index contributed by atoms with van der Waals surface area (Å²) in [5, 5.41) is 5.93. The highest BCUT2D eigenvalue weighted by molar-refractivity contribution is 5.81. The van der Waals surface area contributed by atoms with Gasteiger partial charge < -0.3 is 15.5 Å². The Kier molecular flexibility index (Phi) is 7.52. The highest BCUT2D eigenvalue weighted by Crippen LogP contribution is 2.34. The van der Waals surface area contributed by atoms with Crippen LogP contribution in [0.5, 0.6) is 0 Å². The van der Waals surface area contributed by atoms with Crippen molar-refractivity contribution in [1.82, 2.24) is 20.5 Å². The maximum Gasteiger partial charge on any atom is 0.318 e. The number of carbonyl (C=O) groups is 2. The van der Waals surface area contributed by atoms with Crippen molar-refractivity contribution >= 4 is 11.9 Å². The lowest BCUT2D eigenvalue weighted by molar-refractivity contribution is -0.127. The van der Waals surface area contributed by atoms with E-state index in [2.05, 4.69) is 15.6 Å². The first-order chi connectivity index (χ1) is 16.5. The molecule has 0 aliphatic carbocycles. The lowest BCUT2D eigenvalue weighted by Gasteiger charge is -2.39. The van der Waals surface area contributed by atoms with Crippen molar-refractivity contribution in [2.24, 2.45) is 5.92 Å². The predicted octanol–water partition coefficient (Wildman–Crippen LogP) is 4.51. The van der Waals surface area contributed by atoms with E-state index < -0.39 is 0 Å². The van der Waals surface area contributed by atoms with Gasteiger partial charge in [-0.2, -0.15) is 0 Å². The summed E-state index contributed by atoms with van der Waals surface area (Å²) in [6.07, 6.45) is 2.94. The van der Waals surface area contributed by atoms with Crippen molar-refractivity contribution in [3.63, 3.8) is 0 Å². The average molecular weight is 461 g/mol. The lowest BCUT2D eigenvalue weighted by atomic mass is 9.88. The first-order valence-corrected chi connectivity index (χ1v) is 11.5. The number of pyridine rings is 1. The zero-order valence-electron chi connectivity index (χ0n) is 19.2. The number of nitrogens with zero attached hydrogens (tertiary/aromatic N) is 2. The summed E-state index contributed by atoms with van der Waals surface area (Å²) in [4.78, 5) is 32.1. The van der Waals surface area contributed by atoms with Crippen LogP contribution in [0.2, 0.25) is 0 Å². The maximum atomic E-state index is 13.9. The van der Waals surface area contributed by atoms with Crippen LogP contribution in [0.25, 0.3) is 0 Å². The molecule has 3 amide bonds. The minimum atomic E-state index is -0.330. The van der Waals surface area contributed by atoms with Gasteiger partial charge in [-0.1, -0.05) is 48.5 Å². The third-order valence-corrected chi connectivity index (χ3v) is 6.24. The number of rotatable bonds is 6. The molecule has 0 spiro atoms.